The van der Waals surface area contributed by atoms with E-state index >= 15 is 0 Å². The SMILES string of the molecule is C=C1c2cc3c(cc2NC(=S)N1c1ccc(F)cc1)OCO3. The van der Waals surface area contributed by atoms with Gasteiger partial charge in [0.05, 0.1) is 11.4 Å². The molecule has 2 aliphatic rings. The molecule has 22 heavy (non-hydrogen) atoms. The van der Waals surface area contributed by atoms with Crippen LogP contribution in [0.4, 0.5) is 15.8 Å². The van der Waals surface area contributed by atoms with Crippen LogP contribution in [0.3, 0.4) is 0 Å². The molecule has 2 heterocycles. The van der Waals surface area contributed by atoms with Crippen molar-refractivity contribution in [1.29, 1.82) is 0 Å². The lowest BCUT2D eigenvalue weighted by Gasteiger charge is -2.33. The van der Waals surface area contributed by atoms with Crippen LogP contribution in [0, 0.1) is 5.82 Å². The Morgan fingerprint density at radius 2 is 1.82 bits per heavy atom. The Labute approximate surface area is 131 Å². The van der Waals surface area contributed by atoms with Gasteiger partial charge in [-0.2, -0.15) is 0 Å². The number of nitrogens with zero attached hydrogens (tertiary/aromatic N) is 1. The number of thiocarbonyl (C=S) groups is 1. The number of rotatable bonds is 1. The molecule has 2 aliphatic heterocycles. The fraction of sp³-hybridized carbons (Fsp3) is 0.0625. The lowest BCUT2D eigenvalue weighted by Crippen LogP contribution is -2.37. The number of nitrogens with one attached hydrogen (secondary N) is 1. The Kier molecular flexibility index (Phi) is 2.80. The third-order valence-corrected chi connectivity index (χ3v) is 3.91. The summed E-state index contributed by atoms with van der Waals surface area (Å²) in [5.41, 5.74) is 3.12. The van der Waals surface area contributed by atoms with Gasteiger partial charge in [-0.05, 0) is 42.5 Å². The first-order chi connectivity index (χ1) is 10.6. The average molecular weight is 314 g/mol. The summed E-state index contributed by atoms with van der Waals surface area (Å²) < 4.78 is 23.9. The molecule has 110 valence electrons. The predicted molar refractivity (Wildman–Crippen MR) is 86.7 cm³/mol. The molecule has 0 unspecified atom stereocenters. The van der Waals surface area contributed by atoms with Crippen molar-refractivity contribution >= 4 is 34.4 Å². The van der Waals surface area contributed by atoms with Crippen molar-refractivity contribution in [3.8, 4) is 11.5 Å². The molecule has 0 spiro atoms. The summed E-state index contributed by atoms with van der Waals surface area (Å²) in [6.07, 6.45) is 0. The molecular weight excluding hydrogens is 303 g/mol. The van der Waals surface area contributed by atoms with E-state index in [9.17, 15) is 4.39 Å². The zero-order chi connectivity index (χ0) is 15.3. The molecule has 1 N–H and O–H groups in total. The maximum atomic E-state index is 13.1. The van der Waals surface area contributed by atoms with Gasteiger partial charge in [0.2, 0.25) is 6.79 Å². The van der Waals surface area contributed by atoms with Gasteiger partial charge in [-0.3, -0.25) is 4.90 Å². The van der Waals surface area contributed by atoms with E-state index in [1.54, 1.807) is 17.0 Å². The summed E-state index contributed by atoms with van der Waals surface area (Å²) >= 11 is 5.41. The molecule has 2 aromatic carbocycles. The minimum absolute atomic E-state index is 0.205. The first kappa shape index (κ1) is 13.1. The minimum atomic E-state index is -0.297. The van der Waals surface area contributed by atoms with Gasteiger partial charge in [-0.15, -0.1) is 0 Å². The zero-order valence-corrected chi connectivity index (χ0v) is 12.2. The molecule has 2 aromatic rings. The van der Waals surface area contributed by atoms with Crippen molar-refractivity contribution in [1.82, 2.24) is 0 Å². The van der Waals surface area contributed by atoms with E-state index in [1.807, 2.05) is 12.1 Å². The van der Waals surface area contributed by atoms with Crippen LogP contribution in [0.25, 0.3) is 5.70 Å². The van der Waals surface area contributed by atoms with Crippen molar-refractivity contribution in [3.63, 3.8) is 0 Å². The predicted octanol–water partition coefficient (Wildman–Crippen LogP) is 3.74. The molecule has 0 amide bonds. The van der Waals surface area contributed by atoms with Gasteiger partial charge in [0.25, 0.3) is 0 Å². The molecule has 0 saturated heterocycles. The maximum absolute atomic E-state index is 13.1. The first-order valence-electron chi connectivity index (χ1n) is 6.63. The summed E-state index contributed by atoms with van der Waals surface area (Å²) in [4.78, 5) is 1.76. The van der Waals surface area contributed by atoms with Crippen molar-refractivity contribution in [2.24, 2.45) is 0 Å². The number of hydrogen-bond acceptors (Lipinski definition) is 3. The van der Waals surface area contributed by atoms with Crippen molar-refractivity contribution in [2.45, 2.75) is 0 Å². The average Bonchev–Trinajstić information content (AvgIpc) is 2.95. The van der Waals surface area contributed by atoms with Crippen molar-refractivity contribution < 1.29 is 13.9 Å². The quantitative estimate of drug-likeness (QED) is 0.811. The Hall–Kier alpha value is -2.60. The third kappa shape index (κ3) is 1.92. The fourth-order valence-corrected chi connectivity index (χ4v) is 2.89. The van der Waals surface area contributed by atoms with E-state index in [2.05, 4.69) is 11.9 Å². The summed E-state index contributed by atoms with van der Waals surface area (Å²) in [6, 6.07) is 9.81. The summed E-state index contributed by atoms with van der Waals surface area (Å²) in [7, 11) is 0. The van der Waals surface area contributed by atoms with E-state index < -0.39 is 0 Å². The zero-order valence-electron chi connectivity index (χ0n) is 11.4. The molecule has 0 aliphatic carbocycles. The molecule has 0 atom stereocenters. The molecule has 0 radical (unpaired) electrons. The first-order valence-corrected chi connectivity index (χ1v) is 7.04. The molecule has 0 saturated carbocycles. The number of halogens is 1. The van der Waals surface area contributed by atoms with Crippen LogP contribution in [0.15, 0.2) is 43.0 Å². The van der Waals surface area contributed by atoms with Crippen LogP contribution in [0.1, 0.15) is 5.56 Å². The van der Waals surface area contributed by atoms with E-state index in [1.165, 1.54) is 12.1 Å². The van der Waals surface area contributed by atoms with Crippen LogP contribution in [0.5, 0.6) is 11.5 Å². The van der Waals surface area contributed by atoms with Gasteiger partial charge in [-0.1, -0.05) is 6.58 Å². The monoisotopic (exact) mass is 314 g/mol. The summed E-state index contributed by atoms with van der Waals surface area (Å²) in [5.74, 6) is 1.06. The summed E-state index contributed by atoms with van der Waals surface area (Å²) in [5, 5.41) is 3.63. The number of fused-ring (bicyclic) bond motifs is 2. The van der Waals surface area contributed by atoms with E-state index in [0.29, 0.717) is 22.3 Å². The number of anilines is 2. The maximum Gasteiger partial charge on any atom is 0.231 e. The highest BCUT2D eigenvalue weighted by atomic mass is 32.1. The van der Waals surface area contributed by atoms with Crippen LogP contribution in [0.2, 0.25) is 0 Å². The van der Waals surface area contributed by atoms with E-state index in [0.717, 1.165) is 16.9 Å². The van der Waals surface area contributed by atoms with Gasteiger partial charge >= 0.3 is 0 Å². The molecule has 0 bridgehead atoms. The van der Waals surface area contributed by atoms with Gasteiger partial charge in [0.1, 0.15) is 5.82 Å². The van der Waals surface area contributed by atoms with Gasteiger partial charge < -0.3 is 14.8 Å². The third-order valence-electron chi connectivity index (χ3n) is 3.62. The van der Waals surface area contributed by atoms with E-state index in [-0.39, 0.29) is 12.6 Å². The molecule has 4 rings (SSSR count). The largest absolute Gasteiger partial charge is 0.454 e. The normalized spacial score (nSPS) is 15.6. The highest BCUT2D eigenvalue weighted by Crippen LogP contribution is 2.43. The Balaban J connectivity index is 1.79. The van der Waals surface area contributed by atoms with Gasteiger partial charge in [0, 0.05) is 17.3 Å². The van der Waals surface area contributed by atoms with Crippen LogP contribution < -0.4 is 19.7 Å². The second kappa shape index (κ2) is 4.71. The Morgan fingerprint density at radius 1 is 1.14 bits per heavy atom. The lowest BCUT2D eigenvalue weighted by atomic mass is 10.1. The molecular formula is C16H11FN2O2S. The second-order valence-corrected chi connectivity index (χ2v) is 5.33. The highest BCUT2D eigenvalue weighted by Gasteiger charge is 2.28. The molecule has 6 heteroatoms. The Morgan fingerprint density at radius 3 is 2.55 bits per heavy atom. The second-order valence-electron chi connectivity index (χ2n) is 4.94. The number of benzene rings is 2. The molecule has 0 aromatic heterocycles. The van der Waals surface area contributed by atoms with Crippen LogP contribution >= 0.6 is 12.2 Å². The Bertz CT molecular complexity index is 805. The standard InChI is InChI=1S/C16H11FN2O2S/c1-9-12-6-14-15(21-8-20-14)7-13(12)18-16(22)19(9)11-4-2-10(17)3-5-11/h2-7H,1,8H2,(H,18,22). The lowest BCUT2D eigenvalue weighted by molar-refractivity contribution is 0.174. The van der Waals surface area contributed by atoms with Gasteiger partial charge in [0.15, 0.2) is 16.6 Å². The number of hydrogen-bond donors (Lipinski definition) is 1. The van der Waals surface area contributed by atoms with Gasteiger partial charge in [-0.25, -0.2) is 4.39 Å². The smallest absolute Gasteiger partial charge is 0.231 e. The minimum Gasteiger partial charge on any atom is -0.454 e. The fourth-order valence-electron chi connectivity index (χ4n) is 2.56. The number of ether oxygens (including phenoxy) is 2. The van der Waals surface area contributed by atoms with Crippen molar-refractivity contribution in [2.75, 3.05) is 17.0 Å². The molecule has 0 fully saturated rings. The highest BCUT2D eigenvalue weighted by molar-refractivity contribution is 7.80. The summed E-state index contributed by atoms with van der Waals surface area (Å²) in [6.45, 7) is 4.33. The van der Waals surface area contributed by atoms with E-state index in [4.69, 9.17) is 21.7 Å². The van der Waals surface area contributed by atoms with Crippen molar-refractivity contribution in [3.05, 3.63) is 54.4 Å². The van der Waals surface area contributed by atoms with Crippen LogP contribution in [-0.2, 0) is 0 Å². The topological polar surface area (TPSA) is 33.7 Å². The molecule has 4 nitrogen and oxygen atoms in total. The van der Waals surface area contributed by atoms with Crippen LogP contribution in [-0.4, -0.2) is 11.9 Å².